The normalized spacial score (nSPS) is 14.1. The van der Waals surface area contributed by atoms with Crippen molar-refractivity contribution in [1.29, 1.82) is 0 Å². The summed E-state index contributed by atoms with van der Waals surface area (Å²) in [6.45, 7) is 5.79. The summed E-state index contributed by atoms with van der Waals surface area (Å²) in [7, 11) is 2.03. The lowest BCUT2D eigenvalue weighted by atomic mass is 10.1. The van der Waals surface area contributed by atoms with Crippen LogP contribution in [0.1, 0.15) is 35.8 Å². The van der Waals surface area contributed by atoms with E-state index in [2.05, 4.69) is 41.4 Å². The standard InChI is InChI=1S/C21H27ClN4OS.HI/c1-3-23-21(25(2)15-18-9-10-19(22)28-18)24-13-16-6-4-7-17(12-16)14-26-11-5-8-20(26)27;/h4,6-7,9-10,12H,3,5,8,11,13-15H2,1-2H3,(H,23,24);1H. The smallest absolute Gasteiger partial charge is 0.222 e. The first-order valence-electron chi connectivity index (χ1n) is 9.64. The van der Waals surface area contributed by atoms with E-state index < -0.39 is 0 Å². The quantitative estimate of drug-likeness (QED) is 0.310. The van der Waals surface area contributed by atoms with Gasteiger partial charge < -0.3 is 15.1 Å². The van der Waals surface area contributed by atoms with E-state index in [4.69, 9.17) is 16.6 Å². The maximum Gasteiger partial charge on any atom is 0.222 e. The number of rotatable bonds is 7. The number of benzene rings is 1. The predicted octanol–water partition coefficient (Wildman–Crippen LogP) is 4.74. The molecule has 1 fully saturated rings. The average Bonchev–Trinajstić information content (AvgIpc) is 3.27. The third-order valence-electron chi connectivity index (χ3n) is 4.67. The van der Waals surface area contributed by atoms with Crippen LogP contribution in [0, 0.1) is 0 Å². The van der Waals surface area contributed by atoms with Crippen LogP contribution >= 0.6 is 46.9 Å². The third kappa shape index (κ3) is 7.15. The van der Waals surface area contributed by atoms with E-state index in [0.717, 1.165) is 47.5 Å². The zero-order valence-electron chi connectivity index (χ0n) is 16.9. The van der Waals surface area contributed by atoms with Gasteiger partial charge in [-0.25, -0.2) is 4.99 Å². The number of carbonyl (C=O) groups excluding carboxylic acids is 1. The van der Waals surface area contributed by atoms with Crippen molar-refractivity contribution < 1.29 is 4.79 Å². The number of nitrogens with one attached hydrogen (secondary N) is 1. The Morgan fingerprint density at radius 1 is 1.31 bits per heavy atom. The number of aliphatic imine (C=N–C) groups is 1. The molecule has 158 valence electrons. The minimum atomic E-state index is 0. The molecule has 29 heavy (non-hydrogen) atoms. The molecule has 8 heteroatoms. The Balaban J connectivity index is 0.00000300. The van der Waals surface area contributed by atoms with Gasteiger partial charge in [-0.15, -0.1) is 35.3 Å². The summed E-state index contributed by atoms with van der Waals surface area (Å²) in [5.74, 6) is 1.13. The molecule has 1 amide bonds. The minimum Gasteiger partial charge on any atom is -0.357 e. The van der Waals surface area contributed by atoms with Crippen molar-refractivity contribution in [3.8, 4) is 0 Å². The number of hydrogen-bond acceptors (Lipinski definition) is 3. The van der Waals surface area contributed by atoms with E-state index in [1.807, 2.05) is 24.1 Å². The number of carbonyl (C=O) groups is 1. The third-order valence-corrected chi connectivity index (χ3v) is 5.88. The van der Waals surface area contributed by atoms with Gasteiger partial charge in [0.15, 0.2) is 5.96 Å². The van der Waals surface area contributed by atoms with Crippen LogP contribution in [0.5, 0.6) is 0 Å². The summed E-state index contributed by atoms with van der Waals surface area (Å²) < 4.78 is 0.804. The van der Waals surface area contributed by atoms with Gasteiger partial charge in [-0.05, 0) is 36.6 Å². The highest BCUT2D eigenvalue weighted by atomic mass is 127. The molecule has 3 rings (SSSR count). The van der Waals surface area contributed by atoms with Crippen molar-refractivity contribution >= 4 is 58.8 Å². The molecule has 0 saturated carbocycles. The van der Waals surface area contributed by atoms with E-state index in [-0.39, 0.29) is 29.9 Å². The first-order chi connectivity index (χ1) is 13.5. The Bertz CT molecular complexity index is 842. The molecule has 1 N–H and O–H groups in total. The number of halogens is 2. The fourth-order valence-electron chi connectivity index (χ4n) is 3.30. The second-order valence-corrected chi connectivity index (χ2v) is 8.77. The van der Waals surface area contributed by atoms with E-state index in [1.165, 1.54) is 4.88 Å². The first kappa shape index (κ1) is 24.0. The zero-order valence-corrected chi connectivity index (χ0v) is 20.8. The summed E-state index contributed by atoms with van der Waals surface area (Å²) in [6.07, 6.45) is 1.65. The molecule has 2 heterocycles. The molecule has 0 bridgehead atoms. The molecular formula is C21H28ClIN4OS. The van der Waals surface area contributed by atoms with Crippen molar-refractivity contribution in [3.05, 3.63) is 56.7 Å². The Hall–Kier alpha value is -1.32. The fraction of sp³-hybridized carbons (Fsp3) is 0.429. The molecule has 0 spiro atoms. The Kier molecular flexibility index (Phi) is 9.71. The largest absolute Gasteiger partial charge is 0.357 e. The monoisotopic (exact) mass is 546 g/mol. The van der Waals surface area contributed by atoms with Crippen LogP contribution in [0.25, 0.3) is 0 Å². The molecule has 2 aromatic rings. The van der Waals surface area contributed by atoms with Gasteiger partial charge in [0, 0.05) is 38.0 Å². The SMILES string of the molecule is CCNC(=NCc1cccc(CN2CCCC2=O)c1)N(C)Cc1ccc(Cl)s1.I. The van der Waals surface area contributed by atoms with Crippen LogP contribution < -0.4 is 5.32 Å². The van der Waals surface area contributed by atoms with E-state index >= 15 is 0 Å². The molecule has 0 radical (unpaired) electrons. The van der Waals surface area contributed by atoms with Crippen molar-refractivity contribution in [1.82, 2.24) is 15.1 Å². The predicted molar refractivity (Wildman–Crippen MR) is 132 cm³/mol. The van der Waals surface area contributed by atoms with Gasteiger partial charge in [0.1, 0.15) is 0 Å². The second-order valence-electron chi connectivity index (χ2n) is 6.97. The molecule has 1 aromatic heterocycles. The minimum absolute atomic E-state index is 0. The van der Waals surface area contributed by atoms with Crippen LogP contribution in [0.3, 0.4) is 0 Å². The van der Waals surface area contributed by atoms with Crippen molar-refractivity contribution in [2.24, 2.45) is 4.99 Å². The number of nitrogens with zero attached hydrogens (tertiary/aromatic N) is 3. The van der Waals surface area contributed by atoms with E-state index in [1.54, 1.807) is 11.3 Å². The zero-order chi connectivity index (χ0) is 19.9. The van der Waals surface area contributed by atoms with Crippen molar-refractivity contribution in [2.75, 3.05) is 20.1 Å². The van der Waals surface area contributed by atoms with Gasteiger partial charge in [-0.3, -0.25) is 4.79 Å². The van der Waals surface area contributed by atoms with Gasteiger partial charge in [0.2, 0.25) is 5.91 Å². The number of amides is 1. The van der Waals surface area contributed by atoms with Gasteiger partial charge in [-0.2, -0.15) is 0 Å². The van der Waals surface area contributed by atoms with Gasteiger partial charge in [0.05, 0.1) is 17.4 Å². The highest BCUT2D eigenvalue weighted by molar-refractivity contribution is 14.0. The molecule has 5 nitrogen and oxygen atoms in total. The summed E-state index contributed by atoms with van der Waals surface area (Å²) in [6, 6.07) is 12.3. The van der Waals surface area contributed by atoms with E-state index in [0.29, 0.717) is 19.5 Å². The number of likely N-dealkylation sites (tertiary alicyclic amines) is 1. The number of guanidine groups is 1. The Morgan fingerprint density at radius 3 is 2.76 bits per heavy atom. The van der Waals surface area contributed by atoms with Crippen LogP contribution in [0.2, 0.25) is 4.34 Å². The molecular weight excluding hydrogens is 519 g/mol. The molecule has 1 aromatic carbocycles. The van der Waals surface area contributed by atoms with Gasteiger partial charge >= 0.3 is 0 Å². The highest BCUT2D eigenvalue weighted by Gasteiger charge is 2.19. The number of hydrogen-bond donors (Lipinski definition) is 1. The topological polar surface area (TPSA) is 47.9 Å². The maximum atomic E-state index is 11.9. The Labute approximate surface area is 199 Å². The molecule has 0 aliphatic carbocycles. The molecule has 1 aliphatic rings. The van der Waals surface area contributed by atoms with Crippen molar-refractivity contribution in [2.45, 2.75) is 39.4 Å². The highest BCUT2D eigenvalue weighted by Crippen LogP contribution is 2.22. The first-order valence-corrected chi connectivity index (χ1v) is 10.8. The molecule has 1 saturated heterocycles. The summed E-state index contributed by atoms with van der Waals surface area (Å²) >= 11 is 7.63. The lowest BCUT2D eigenvalue weighted by molar-refractivity contribution is -0.128. The Morgan fingerprint density at radius 2 is 2.10 bits per heavy atom. The summed E-state index contributed by atoms with van der Waals surface area (Å²) in [4.78, 5) is 21.9. The average molecular weight is 547 g/mol. The van der Waals surface area contributed by atoms with E-state index in [9.17, 15) is 4.79 Å². The van der Waals surface area contributed by atoms with Gasteiger partial charge in [0.25, 0.3) is 0 Å². The van der Waals surface area contributed by atoms with Crippen LogP contribution in [-0.2, 0) is 24.4 Å². The number of thiophene rings is 1. The fourth-order valence-corrected chi connectivity index (χ4v) is 4.44. The molecule has 0 atom stereocenters. The maximum absolute atomic E-state index is 11.9. The molecule has 1 aliphatic heterocycles. The van der Waals surface area contributed by atoms with Crippen LogP contribution in [-0.4, -0.2) is 41.8 Å². The van der Waals surface area contributed by atoms with Crippen molar-refractivity contribution in [3.63, 3.8) is 0 Å². The lowest BCUT2D eigenvalue weighted by Gasteiger charge is -2.21. The molecule has 0 unspecified atom stereocenters. The summed E-state index contributed by atoms with van der Waals surface area (Å²) in [5, 5.41) is 3.35. The lowest BCUT2D eigenvalue weighted by Crippen LogP contribution is -2.38. The van der Waals surface area contributed by atoms with Gasteiger partial charge in [-0.1, -0.05) is 35.9 Å². The van der Waals surface area contributed by atoms with Crippen LogP contribution in [0.15, 0.2) is 41.4 Å². The second kappa shape index (κ2) is 11.8. The van der Waals surface area contributed by atoms with Crippen LogP contribution in [0.4, 0.5) is 0 Å². The summed E-state index contributed by atoms with van der Waals surface area (Å²) in [5.41, 5.74) is 2.31.